The molecule has 0 radical (unpaired) electrons. The highest BCUT2D eigenvalue weighted by Crippen LogP contribution is 2.34. The van der Waals surface area contributed by atoms with Gasteiger partial charge in [-0.2, -0.15) is 0 Å². The van der Waals surface area contributed by atoms with Crippen molar-refractivity contribution in [2.24, 2.45) is 5.92 Å². The van der Waals surface area contributed by atoms with Crippen molar-refractivity contribution in [3.05, 3.63) is 81.3 Å². The standard InChI is InChI=1S/C26H27Cl2NO4S/c1-5-33-24-12-10-20(27)15-22(24)18-9-11-21(19(14-18)13-16(2)3)26(30)29-34(31,32)25-8-6-7-23(28)17(25)4/h6-12,14-16H,5,13H2,1-4H3,(H,29,30). The molecule has 34 heavy (non-hydrogen) atoms. The molecule has 0 atom stereocenters. The minimum absolute atomic E-state index is 0.0318. The lowest BCUT2D eigenvalue weighted by atomic mass is 9.93. The van der Waals surface area contributed by atoms with Crippen LogP contribution >= 0.6 is 23.2 Å². The first-order valence-electron chi connectivity index (χ1n) is 10.9. The first kappa shape index (κ1) is 26.1. The molecule has 180 valence electrons. The second-order valence-electron chi connectivity index (χ2n) is 8.34. The largest absolute Gasteiger partial charge is 0.493 e. The number of carbonyl (C=O) groups excluding carboxylic acids is 1. The predicted octanol–water partition coefficient (Wildman–Crippen LogP) is 6.68. The number of hydrogen-bond acceptors (Lipinski definition) is 4. The lowest BCUT2D eigenvalue weighted by Crippen LogP contribution is -2.32. The van der Waals surface area contributed by atoms with E-state index in [9.17, 15) is 13.2 Å². The van der Waals surface area contributed by atoms with Gasteiger partial charge in [0.15, 0.2) is 0 Å². The highest BCUT2D eigenvalue weighted by Gasteiger charge is 2.24. The minimum Gasteiger partial charge on any atom is -0.493 e. The third kappa shape index (κ3) is 5.93. The molecule has 0 aromatic heterocycles. The maximum Gasteiger partial charge on any atom is 0.265 e. The molecular formula is C26H27Cl2NO4S. The van der Waals surface area contributed by atoms with Crippen LogP contribution in [-0.2, 0) is 16.4 Å². The quantitative estimate of drug-likeness (QED) is 0.360. The topological polar surface area (TPSA) is 72.5 Å². The summed E-state index contributed by atoms with van der Waals surface area (Å²) in [5.41, 5.74) is 3.03. The summed E-state index contributed by atoms with van der Waals surface area (Å²) in [7, 11) is -4.11. The van der Waals surface area contributed by atoms with Gasteiger partial charge in [-0.15, -0.1) is 0 Å². The molecule has 0 saturated heterocycles. The molecule has 0 bridgehead atoms. The van der Waals surface area contributed by atoms with Gasteiger partial charge in [-0.05, 0) is 79.3 Å². The summed E-state index contributed by atoms with van der Waals surface area (Å²) in [6.07, 6.45) is 0.581. The summed E-state index contributed by atoms with van der Waals surface area (Å²) in [6, 6.07) is 15.2. The summed E-state index contributed by atoms with van der Waals surface area (Å²) in [5.74, 6) is 0.218. The fraction of sp³-hybridized carbons (Fsp3) is 0.269. The molecule has 1 amide bonds. The average Bonchev–Trinajstić information content (AvgIpc) is 2.76. The Hall–Kier alpha value is -2.54. The third-order valence-corrected chi connectivity index (χ3v) is 7.39. The summed E-state index contributed by atoms with van der Waals surface area (Å²) in [6.45, 7) is 8.06. The smallest absolute Gasteiger partial charge is 0.265 e. The average molecular weight is 520 g/mol. The van der Waals surface area contributed by atoms with Crippen LogP contribution in [0, 0.1) is 12.8 Å². The number of ether oxygens (including phenoxy) is 1. The Kier molecular flexibility index (Phi) is 8.29. The van der Waals surface area contributed by atoms with E-state index >= 15 is 0 Å². The third-order valence-electron chi connectivity index (χ3n) is 5.27. The molecule has 8 heteroatoms. The van der Waals surface area contributed by atoms with Gasteiger partial charge in [0.05, 0.1) is 11.5 Å². The van der Waals surface area contributed by atoms with Crippen molar-refractivity contribution in [3.63, 3.8) is 0 Å². The predicted molar refractivity (Wildman–Crippen MR) is 137 cm³/mol. The number of nitrogens with one attached hydrogen (secondary N) is 1. The van der Waals surface area contributed by atoms with Gasteiger partial charge >= 0.3 is 0 Å². The Morgan fingerprint density at radius 2 is 1.79 bits per heavy atom. The zero-order valence-electron chi connectivity index (χ0n) is 19.5. The molecule has 0 heterocycles. The van der Waals surface area contributed by atoms with Crippen LogP contribution < -0.4 is 9.46 Å². The summed E-state index contributed by atoms with van der Waals surface area (Å²) in [4.78, 5) is 13.1. The molecule has 0 aliphatic carbocycles. The Balaban J connectivity index is 2.03. The van der Waals surface area contributed by atoms with E-state index in [1.807, 2.05) is 39.0 Å². The summed E-state index contributed by atoms with van der Waals surface area (Å²) in [5, 5.41) is 0.875. The van der Waals surface area contributed by atoms with Crippen molar-refractivity contribution in [2.75, 3.05) is 6.61 Å². The van der Waals surface area contributed by atoms with Gasteiger partial charge < -0.3 is 4.74 Å². The van der Waals surface area contributed by atoms with Crippen molar-refractivity contribution in [1.82, 2.24) is 4.72 Å². The van der Waals surface area contributed by atoms with Crippen molar-refractivity contribution in [3.8, 4) is 16.9 Å². The molecule has 3 aromatic carbocycles. The monoisotopic (exact) mass is 519 g/mol. The van der Waals surface area contributed by atoms with Crippen LogP contribution in [0.2, 0.25) is 10.0 Å². The van der Waals surface area contributed by atoms with Crippen LogP contribution in [-0.4, -0.2) is 20.9 Å². The summed E-state index contributed by atoms with van der Waals surface area (Å²) < 4.78 is 33.8. The van der Waals surface area contributed by atoms with Gasteiger partial charge in [0.25, 0.3) is 15.9 Å². The maximum atomic E-state index is 13.1. The number of rotatable bonds is 8. The number of hydrogen-bond donors (Lipinski definition) is 1. The van der Waals surface area contributed by atoms with Crippen LogP contribution in [0.25, 0.3) is 11.1 Å². The SMILES string of the molecule is CCOc1ccc(Cl)cc1-c1ccc(C(=O)NS(=O)(=O)c2cccc(Cl)c2C)c(CC(C)C)c1. The van der Waals surface area contributed by atoms with E-state index in [1.54, 1.807) is 31.2 Å². The van der Waals surface area contributed by atoms with Crippen molar-refractivity contribution >= 4 is 39.1 Å². The van der Waals surface area contributed by atoms with Gasteiger partial charge in [0.2, 0.25) is 0 Å². The first-order chi connectivity index (χ1) is 16.0. The van der Waals surface area contributed by atoms with E-state index in [-0.39, 0.29) is 10.8 Å². The molecule has 3 rings (SSSR count). The molecule has 3 aromatic rings. The molecule has 0 aliphatic heterocycles. The van der Waals surface area contributed by atoms with Gasteiger partial charge in [-0.1, -0.05) is 55.2 Å². The maximum absolute atomic E-state index is 13.1. The number of amides is 1. The Labute approximate surface area is 211 Å². The fourth-order valence-corrected chi connectivity index (χ4v) is 5.35. The second-order valence-corrected chi connectivity index (χ2v) is 10.8. The Morgan fingerprint density at radius 3 is 2.47 bits per heavy atom. The number of sulfonamides is 1. The number of benzene rings is 3. The van der Waals surface area contributed by atoms with Crippen LogP contribution in [0.15, 0.2) is 59.5 Å². The van der Waals surface area contributed by atoms with Gasteiger partial charge in [0.1, 0.15) is 5.75 Å². The lowest BCUT2D eigenvalue weighted by molar-refractivity contribution is 0.0980. The molecule has 5 nitrogen and oxygen atoms in total. The van der Waals surface area contributed by atoms with E-state index in [0.29, 0.717) is 39.9 Å². The van der Waals surface area contributed by atoms with E-state index < -0.39 is 15.9 Å². The fourth-order valence-electron chi connectivity index (χ4n) is 3.71. The van der Waals surface area contributed by atoms with E-state index in [1.165, 1.54) is 12.1 Å². The molecule has 0 saturated carbocycles. The van der Waals surface area contributed by atoms with Crippen LogP contribution in [0.5, 0.6) is 5.75 Å². The van der Waals surface area contributed by atoms with E-state index in [4.69, 9.17) is 27.9 Å². The van der Waals surface area contributed by atoms with Crippen molar-refractivity contribution in [2.45, 2.75) is 39.0 Å². The second kappa shape index (κ2) is 10.8. The van der Waals surface area contributed by atoms with Gasteiger partial charge in [0, 0.05) is 21.2 Å². The molecule has 0 unspecified atom stereocenters. The van der Waals surface area contributed by atoms with Crippen LogP contribution in [0.4, 0.5) is 0 Å². The van der Waals surface area contributed by atoms with E-state index in [0.717, 1.165) is 16.7 Å². The Morgan fingerprint density at radius 1 is 1.06 bits per heavy atom. The number of carbonyl (C=O) groups is 1. The van der Waals surface area contributed by atoms with Gasteiger partial charge in [-0.25, -0.2) is 13.1 Å². The molecular weight excluding hydrogens is 493 g/mol. The molecule has 0 spiro atoms. The number of halogens is 2. The van der Waals surface area contributed by atoms with Crippen LogP contribution in [0.1, 0.15) is 42.3 Å². The first-order valence-corrected chi connectivity index (χ1v) is 13.1. The van der Waals surface area contributed by atoms with Gasteiger partial charge in [-0.3, -0.25) is 4.79 Å². The highest BCUT2D eigenvalue weighted by atomic mass is 35.5. The normalized spacial score (nSPS) is 11.5. The van der Waals surface area contributed by atoms with Crippen molar-refractivity contribution in [1.29, 1.82) is 0 Å². The lowest BCUT2D eigenvalue weighted by Gasteiger charge is -2.16. The molecule has 0 fully saturated rings. The van der Waals surface area contributed by atoms with Crippen molar-refractivity contribution < 1.29 is 17.9 Å². The van der Waals surface area contributed by atoms with E-state index in [2.05, 4.69) is 4.72 Å². The zero-order valence-corrected chi connectivity index (χ0v) is 21.8. The summed E-state index contributed by atoms with van der Waals surface area (Å²) >= 11 is 12.3. The molecule has 1 N–H and O–H groups in total. The molecule has 0 aliphatic rings. The zero-order chi connectivity index (χ0) is 25.0. The minimum atomic E-state index is -4.11. The highest BCUT2D eigenvalue weighted by molar-refractivity contribution is 7.90. The Bertz CT molecular complexity index is 1320. The van der Waals surface area contributed by atoms with Crippen LogP contribution in [0.3, 0.4) is 0 Å².